The molecular formula is C34H51N7O9. The van der Waals surface area contributed by atoms with Gasteiger partial charge >= 0.3 is 0 Å². The molecule has 1 aliphatic carbocycles. The van der Waals surface area contributed by atoms with E-state index in [0.29, 0.717) is 51.4 Å². The molecule has 7 N–H and O–H groups in total. The van der Waals surface area contributed by atoms with Gasteiger partial charge in [0.05, 0.1) is 25.7 Å². The minimum atomic E-state index is -1.05. The summed E-state index contributed by atoms with van der Waals surface area (Å²) < 4.78 is 5.66. The second-order valence-corrected chi connectivity index (χ2v) is 12.5. The van der Waals surface area contributed by atoms with Gasteiger partial charge in [0, 0.05) is 31.2 Å². The Hall–Kier alpha value is -4.86. The van der Waals surface area contributed by atoms with Crippen LogP contribution in [0.4, 0.5) is 0 Å². The number of unbranched alkanes of at least 4 members (excludes halogenated alkanes) is 2. The van der Waals surface area contributed by atoms with Crippen molar-refractivity contribution in [3.63, 3.8) is 0 Å². The van der Waals surface area contributed by atoms with E-state index >= 15 is 0 Å². The molecule has 1 atom stereocenters. The lowest BCUT2D eigenvalue weighted by molar-refractivity contribution is -0.140. The molecular weight excluding hydrogens is 650 g/mol. The Morgan fingerprint density at radius 2 is 1.44 bits per heavy atom. The van der Waals surface area contributed by atoms with Crippen LogP contribution in [0.1, 0.15) is 70.8 Å². The minimum Gasteiger partial charge on any atom is -0.369 e. The van der Waals surface area contributed by atoms with E-state index in [-0.39, 0.29) is 74.9 Å². The number of imide groups is 1. The molecule has 16 nitrogen and oxygen atoms in total. The zero-order valence-corrected chi connectivity index (χ0v) is 28.9. The second-order valence-electron chi connectivity index (χ2n) is 12.5. The highest BCUT2D eigenvalue weighted by molar-refractivity contribution is 5.93. The van der Waals surface area contributed by atoms with Crippen molar-refractivity contribution in [2.75, 3.05) is 32.9 Å². The molecule has 1 aromatic rings. The Bertz CT molecular complexity index is 1300. The summed E-state index contributed by atoms with van der Waals surface area (Å²) in [6.45, 7) is 2.47. The van der Waals surface area contributed by atoms with Crippen LogP contribution in [0.5, 0.6) is 0 Å². The third kappa shape index (κ3) is 16.5. The number of nitrogens with two attached hydrogens (primary N) is 1. The van der Waals surface area contributed by atoms with Gasteiger partial charge in [0.15, 0.2) is 0 Å². The summed E-state index contributed by atoms with van der Waals surface area (Å²) in [5.41, 5.74) is 6.11. The number of ether oxygens (including phenoxy) is 1. The summed E-state index contributed by atoms with van der Waals surface area (Å²) in [6, 6.07) is 7.89. The van der Waals surface area contributed by atoms with Crippen molar-refractivity contribution >= 4 is 47.8 Å². The first-order valence-electron chi connectivity index (χ1n) is 17.0. The molecule has 1 fully saturated rings. The molecule has 0 unspecified atom stereocenters. The molecule has 0 heterocycles. The van der Waals surface area contributed by atoms with E-state index in [9.17, 15) is 38.4 Å². The molecule has 16 heteroatoms. The number of nitrogens with one attached hydrogen (secondary N) is 5. The fourth-order valence-electron chi connectivity index (χ4n) is 5.21. The summed E-state index contributed by atoms with van der Waals surface area (Å²) in [5, 5.41) is 12.5. The van der Waals surface area contributed by atoms with Crippen LogP contribution in [-0.2, 0) is 49.5 Å². The number of nitrogens with zero attached hydrogens (tertiary/aromatic N) is 1. The van der Waals surface area contributed by atoms with E-state index in [1.165, 1.54) is 0 Å². The van der Waals surface area contributed by atoms with E-state index in [1.54, 1.807) is 38.1 Å². The third-order valence-electron chi connectivity index (χ3n) is 8.12. The Morgan fingerprint density at radius 1 is 0.820 bits per heavy atom. The molecule has 0 aliphatic heterocycles. The van der Waals surface area contributed by atoms with Crippen molar-refractivity contribution in [1.29, 1.82) is 0 Å². The van der Waals surface area contributed by atoms with Crippen LogP contribution in [0.15, 0.2) is 30.3 Å². The van der Waals surface area contributed by atoms with E-state index in [0.717, 1.165) is 10.5 Å². The molecule has 1 aromatic carbocycles. The van der Waals surface area contributed by atoms with Crippen molar-refractivity contribution in [2.24, 2.45) is 17.6 Å². The van der Waals surface area contributed by atoms with Crippen LogP contribution in [0.2, 0.25) is 0 Å². The number of primary amides is 1. The molecule has 0 bridgehead atoms. The van der Waals surface area contributed by atoms with Gasteiger partial charge in [0.1, 0.15) is 12.8 Å². The van der Waals surface area contributed by atoms with E-state index in [2.05, 4.69) is 26.6 Å². The predicted octanol–water partition coefficient (Wildman–Crippen LogP) is -0.602. The van der Waals surface area contributed by atoms with Crippen LogP contribution in [0.3, 0.4) is 0 Å². The molecule has 0 aromatic heterocycles. The Balaban J connectivity index is 1.70. The van der Waals surface area contributed by atoms with Crippen LogP contribution in [0, 0.1) is 11.8 Å². The summed E-state index contributed by atoms with van der Waals surface area (Å²) in [7, 11) is 0. The maximum absolute atomic E-state index is 13.0. The highest BCUT2D eigenvalue weighted by Gasteiger charge is 2.26. The van der Waals surface area contributed by atoms with Crippen molar-refractivity contribution < 1.29 is 43.1 Å². The molecule has 8 amide bonds. The standard InChI is InChI=1S/C34H51N7O9/c1-23(2)34(49)41(22-42)16-8-4-7-11-28(43)36-18-29(44)37-20-31(46)40-27(17-24-9-5-3-6-10-24)33(48)38-19-30(45)39-21-50-26-14-12-25(13-15-26)32(35)47/h3,5-6,9-10,22-23,25-27H,4,7-8,11-21H2,1-2H3,(H2,35,47)(H,36,43)(H,37,44)(H,38,48)(H,39,45)(H,40,46)/t25?,26?,27-/m0/s1. The smallest absolute Gasteiger partial charge is 0.243 e. The quantitative estimate of drug-likeness (QED) is 0.0514. The van der Waals surface area contributed by atoms with Crippen molar-refractivity contribution in [3.05, 3.63) is 35.9 Å². The lowest BCUT2D eigenvalue weighted by Crippen LogP contribution is -2.52. The van der Waals surface area contributed by atoms with Crippen molar-refractivity contribution in [2.45, 2.75) is 83.8 Å². The van der Waals surface area contributed by atoms with Crippen LogP contribution >= 0.6 is 0 Å². The first kappa shape index (κ1) is 41.3. The minimum absolute atomic E-state index is 0.0615. The van der Waals surface area contributed by atoms with Crippen molar-refractivity contribution in [1.82, 2.24) is 31.5 Å². The molecule has 2 rings (SSSR count). The number of amides is 8. The van der Waals surface area contributed by atoms with Gasteiger partial charge in [-0.25, -0.2) is 0 Å². The zero-order chi connectivity index (χ0) is 36.9. The van der Waals surface area contributed by atoms with Gasteiger partial charge in [-0.1, -0.05) is 50.6 Å². The van der Waals surface area contributed by atoms with Gasteiger partial charge in [-0.15, -0.1) is 0 Å². The lowest BCUT2D eigenvalue weighted by Gasteiger charge is -2.26. The highest BCUT2D eigenvalue weighted by atomic mass is 16.5. The average molecular weight is 702 g/mol. The van der Waals surface area contributed by atoms with Gasteiger partial charge in [-0.05, 0) is 44.1 Å². The third-order valence-corrected chi connectivity index (χ3v) is 8.12. The van der Waals surface area contributed by atoms with E-state index in [4.69, 9.17) is 10.5 Å². The number of carbonyl (C=O) groups excluding carboxylic acids is 8. The molecule has 276 valence electrons. The topological polar surface area (TPSA) is 235 Å². The number of carbonyl (C=O) groups is 8. The van der Waals surface area contributed by atoms with Gasteiger partial charge in [-0.2, -0.15) is 0 Å². The molecule has 0 radical (unpaired) electrons. The predicted molar refractivity (Wildman–Crippen MR) is 181 cm³/mol. The van der Waals surface area contributed by atoms with Gasteiger partial charge < -0.3 is 37.1 Å². The monoisotopic (exact) mass is 701 g/mol. The molecule has 1 saturated carbocycles. The SMILES string of the molecule is CC(C)C(=O)N(C=O)CCCCCC(=O)NCC(=O)NCC(=O)N[C@@H](Cc1ccccc1)C(=O)NCC(=O)NCOC1CCC(C(N)=O)CC1. The van der Waals surface area contributed by atoms with Gasteiger partial charge in [0.25, 0.3) is 0 Å². The fourth-order valence-corrected chi connectivity index (χ4v) is 5.21. The lowest BCUT2D eigenvalue weighted by atomic mass is 9.87. The highest BCUT2D eigenvalue weighted by Crippen LogP contribution is 2.25. The Kier molecular flexibility index (Phi) is 18.8. The second kappa shape index (κ2) is 22.7. The Morgan fingerprint density at radius 3 is 2.08 bits per heavy atom. The summed E-state index contributed by atoms with van der Waals surface area (Å²) >= 11 is 0. The fraction of sp³-hybridized carbons (Fsp3) is 0.588. The maximum atomic E-state index is 13.0. The number of benzene rings is 1. The number of rotatable bonds is 22. The zero-order valence-electron chi connectivity index (χ0n) is 28.9. The van der Waals surface area contributed by atoms with Crippen molar-refractivity contribution in [3.8, 4) is 0 Å². The maximum Gasteiger partial charge on any atom is 0.243 e. The molecule has 0 saturated heterocycles. The first-order valence-corrected chi connectivity index (χ1v) is 17.0. The first-order chi connectivity index (χ1) is 23.9. The van der Waals surface area contributed by atoms with Gasteiger partial charge in [0.2, 0.25) is 47.8 Å². The van der Waals surface area contributed by atoms with Crippen LogP contribution in [0.25, 0.3) is 0 Å². The summed E-state index contributed by atoms with van der Waals surface area (Å²) in [6.07, 6.45) is 4.92. The molecule has 50 heavy (non-hydrogen) atoms. The normalized spacial score (nSPS) is 16.0. The van der Waals surface area contributed by atoms with E-state index in [1.807, 2.05) is 6.07 Å². The number of hydrogen-bond donors (Lipinski definition) is 6. The summed E-state index contributed by atoms with van der Waals surface area (Å²) in [4.78, 5) is 97.8. The molecule has 1 aliphatic rings. The van der Waals surface area contributed by atoms with Crippen LogP contribution < -0.4 is 32.3 Å². The molecule has 0 spiro atoms. The van der Waals surface area contributed by atoms with Crippen LogP contribution in [-0.4, -0.2) is 97.7 Å². The summed E-state index contributed by atoms with van der Waals surface area (Å²) in [5.74, 6) is -3.73. The average Bonchev–Trinajstić information content (AvgIpc) is 3.10. The number of hydrogen-bond acceptors (Lipinski definition) is 9. The largest absolute Gasteiger partial charge is 0.369 e. The Labute approximate surface area is 292 Å². The van der Waals surface area contributed by atoms with E-state index < -0.39 is 36.2 Å². The van der Waals surface area contributed by atoms with Gasteiger partial charge in [-0.3, -0.25) is 43.3 Å².